The number of nitrogens with two attached hydrogens (primary N) is 1. The van der Waals surface area contributed by atoms with Gasteiger partial charge in [-0.15, -0.1) is 12.4 Å². The van der Waals surface area contributed by atoms with Crippen LogP contribution in [0.25, 0.3) is 0 Å². The van der Waals surface area contributed by atoms with Crippen LogP contribution in [-0.2, 0) is 14.4 Å². The van der Waals surface area contributed by atoms with E-state index in [9.17, 15) is 14.4 Å². The summed E-state index contributed by atoms with van der Waals surface area (Å²) in [5.74, 6) is -0.587. The predicted octanol–water partition coefficient (Wildman–Crippen LogP) is 1.66. The number of nitrogens with zero attached hydrogens (tertiary/aromatic N) is 1. The van der Waals surface area contributed by atoms with Crippen molar-refractivity contribution < 1.29 is 14.4 Å². The van der Waals surface area contributed by atoms with E-state index in [4.69, 9.17) is 5.73 Å². The Labute approximate surface area is 160 Å². The van der Waals surface area contributed by atoms with Crippen LogP contribution in [-0.4, -0.2) is 36.9 Å². The summed E-state index contributed by atoms with van der Waals surface area (Å²) in [6, 6.07) is 6.52. The van der Waals surface area contributed by atoms with Gasteiger partial charge in [0.25, 0.3) is 0 Å². The van der Waals surface area contributed by atoms with Crippen molar-refractivity contribution in [2.24, 2.45) is 11.7 Å². The highest BCUT2D eigenvalue weighted by molar-refractivity contribution is 5.97. The van der Waals surface area contributed by atoms with E-state index >= 15 is 0 Å². The van der Waals surface area contributed by atoms with Crippen LogP contribution >= 0.6 is 12.4 Å². The van der Waals surface area contributed by atoms with E-state index in [0.717, 1.165) is 18.5 Å². The minimum atomic E-state index is -0.638. The summed E-state index contributed by atoms with van der Waals surface area (Å²) in [6.07, 6.45) is 2.45. The van der Waals surface area contributed by atoms with Crippen molar-refractivity contribution in [2.45, 2.75) is 39.2 Å². The second-order valence-electron chi connectivity index (χ2n) is 6.59. The lowest BCUT2D eigenvalue weighted by Crippen LogP contribution is -2.46. The first-order valence-electron chi connectivity index (χ1n) is 8.62. The third kappa shape index (κ3) is 6.00. The molecule has 2 rings (SSSR count). The topological polar surface area (TPSA) is 105 Å². The fraction of sp³-hybridized carbons (Fsp3) is 0.500. The van der Waals surface area contributed by atoms with E-state index in [1.807, 2.05) is 19.9 Å². The summed E-state index contributed by atoms with van der Waals surface area (Å²) in [7, 11) is 0. The van der Waals surface area contributed by atoms with Gasteiger partial charge in [0.1, 0.15) is 0 Å². The largest absolute Gasteiger partial charge is 0.346 e. The molecule has 3 amide bonds. The highest BCUT2D eigenvalue weighted by Gasteiger charge is 2.20. The van der Waals surface area contributed by atoms with Gasteiger partial charge in [-0.05, 0) is 37.0 Å². The Hall–Kier alpha value is -2.12. The van der Waals surface area contributed by atoms with Gasteiger partial charge in [-0.3, -0.25) is 14.4 Å². The van der Waals surface area contributed by atoms with Crippen LogP contribution in [0.4, 0.5) is 11.4 Å². The Kier molecular flexibility index (Phi) is 8.54. The van der Waals surface area contributed by atoms with Crippen molar-refractivity contribution in [3.8, 4) is 0 Å². The fourth-order valence-corrected chi connectivity index (χ4v) is 2.62. The number of anilines is 2. The van der Waals surface area contributed by atoms with E-state index in [1.165, 1.54) is 0 Å². The van der Waals surface area contributed by atoms with E-state index in [0.29, 0.717) is 18.7 Å². The van der Waals surface area contributed by atoms with Gasteiger partial charge in [0, 0.05) is 24.3 Å². The third-order valence-corrected chi connectivity index (χ3v) is 4.21. The van der Waals surface area contributed by atoms with Crippen molar-refractivity contribution >= 4 is 41.5 Å². The van der Waals surface area contributed by atoms with Crippen LogP contribution in [0.2, 0.25) is 0 Å². The van der Waals surface area contributed by atoms with Crippen LogP contribution < -0.4 is 21.3 Å². The van der Waals surface area contributed by atoms with Gasteiger partial charge < -0.3 is 21.3 Å². The number of piperidine rings is 1. The first-order chi connectivity index (χ1) is 11.9. The molecule has 1 atom stereocenters. The molecule has 1 aliphatic rings. The minimum Gasteiger partial charge on any atom is -0.346 e. The quantitative estimate of drug-likeness (QED) is 0.695. The standard InChI is InChI=1S/C18H26N4O3.ClH/c1-12(2)17(19)18(25)20-11-15(23)21-13-6-5-7-14(10-13)22-9-4-3-8-16(22)24;/h5-7,10,12,17H,3-4,8-9,11,19H2,1-2H3,(H,20,25)(H,21,23);1H/t17-;/m0./s1. The molecule has 1 aromatic rings. The Balaban J connectivity index is 0.00000338. The molecule has 1 heterocycles. The number of halogens is 1. The molecule has 1 fully saturated rings. The van der Waals surface area contributed by atoms with Gasteiger partial charge in [0.05, 0.1) is 12.6 Å². The molecule has 4 N–H and O–H groups in total. The molecule has 0 saturated carbocycles. The van der Waals surface area contributed by atoms with E-state index in [1.54, 1.807) is 23.1 Å². The molecular weight excluding hydrogens is 356 g/mol. The maximum absolute atomic E-state index is 12.0. The highest BCUT2D eigenvalue weighted by atomic mass is 35.5. The van der Waals surface area contributed by atoms with Gasteiger partial charge in [0.15, 0.2) is 0 Å². The molecule has 144 valence electrons. The predicted molar refractivity (Wildman–Crippen MR) is 104 cm³/mol. The lowest BCUT2D eigenvalue weighted by molar-refractivity contribution is -0.125. The highest BCUT2D eigenvalue weighted by Crippen LogP contribution is 2.23. The first-order valence-corrected chi connectivity index (χ1v) is 8.62. The number of amides is 3. The number of nitrogens with one attached hydrogen (secondary N) is 2. The zero-order valence-corrected chi connectivity index (χ0v) is 16.0. The Morgan fingerprint density at radius 2 is 2.00 bits per heavy atom. The average Bonchev–Trinajstić information content (AvgIpc) is 2.59. The van der Waals surface area contributed by atoms with Crippen LogP contribution in [0, 0.1) is 5.92 Å². The van der Waals surface area contributed by atoms with E-state index in [-0.39, 0.29) is 42.6 Å². The second-order valence-corrected chi connectivity index (χ2v) is 6.59. The zero-order valence-electron chi connectivity index (χ0n) is 15.2. The molecule has 0 aromatic heterocycles. The molecule has 0 bridgehead atoms. The molecule has 0 unspecified atom stereocenters. The van der Waals surface area contributed by atoms with Crippen molar-refractivity contribution in [1.29, 1.82) is 0 Å². The molecule has 0 radical (unpaired) electrons. The number of hydrogen-bond donors (Lipinski definition) is 3. The van der Waals surface area contributed by atoms with Gasteiger partial charge in [-0.1, -0.05) is 19.9 Å². The maximum atomic E-state index is 12.0. The van der Waals surface area contributed by atoms with Crippen LogP contribution in [0.15, 0.2) is 24.3 Å². The summed E-state index contributed by atoms with van der Waals surface area (Å²) in [5, 5.41) is 5.26. The van der Waals surface area contributed by atoms with Gasteiger partial charge in [-0.25, -0.2) is 0 Å². The molecule has 1 saturated heterocycles. The number of carbonyl (C=O) groups excluding carboxylic acids is 3. The summed E-state index contributed by atoms with van der Waals surface area (Å²) in [5.41, 5.74) is 7.09. The van der Waals surface area contributed by atoms with Crippen LogP contribution in [0.3, 0.4) is 0 Å². The number of carbonyl (C=O) groups is 3. The summed E-state index contributed by atoms with van der Waals surface area (Å²) >= 11 is 0. The molecule has 8 heteroatoms. The maximum Gasteiger partial charge on any atom is 0.243 e. The molecule has 1 aromatic carbocycles. The zero-order chi connectivity index (χ0) is 18.4. The molecular formula is C18H27ClN4O3. The van der Waals surface area contributed by atoms with Crippen molar-refractivity contribution in [3.05, 3.63) is 24.3 Å². The van der Waals surface area contributed by atoms with Gasteiger partial charge in [0.2, 0.25) is 17.7 Å². The number of benzene rings is 1. The van der Waals surface area contributed by atoms with Crippen molar-refractivity contribution in [1.82, 2.24) is 5.32 Å². The van der Waals surface area contributed by atoms with E-state index < -0.39 is 6.04 Å². The van der Waals surface area contributed by atoms with Gasteiger partial charge in [-0.2, -0.15) is 0 Å². The van der Waals surface area contributed by atoms with Crippen LogP contribution in [0.1, 0.15) is 33.1 Å². The smallest absolute Gasteiger partial charge is 0.243 e. The number of rotatable bonds is 6. The normalized spacial score (nSPS) is 15.2. The number of hydrogen-bond acceptors (Lipinski definition) is 4. The molecule has 1 aliphatic heterocycles. The molecule has 26 heavy (non-hydrogen) atoms. The van der Waals surface area contributed by atoms with Crippen LogP contribution in [0.5, 0.6) is 0 Å². The van der Waals surface area contributed by atoms with E-state index in [2.05, 4.69) is 10.6 Å². The molecule has 7 nitrogen and oxygen atoms in total. The Morgan fingerprint density at radius 1 is 1.27 bits per heavy atom. The monoisotopic (exact) mass is 382 g/mol. The minimum absolute atomic E-state index is 0. The summed E-state index contributed by atoms with van der Waals surface area (Å²) < 4.78 is 0. The second kappa shape index (κ2) is 10.1. The lowest BCUT2D eigenvalue weighted by atomic mass is 10.1. The fourth-order valence-electron chi connectivity index (χ4n) is 2.62. The lowest BCUT2D eigenvalue weighted by Gasteiger charge is -2.27. The summed E-state index contributed by atoms with van der Waals surface area (Å²) in [6.45, 7) is 4.24. The van der Waals surface area contributed by atoms with Crippen molar-refractivity contribution in [3.63, 3.8) is 0 Å². The SMILES string of the molecule is CC(C)[C@H](N)C(=O)NCC(=O)Nc1cccc(N2CCCCC2=O)c1.Cl. The average molecular weight is 383 g/mol. The molecule has 0 aliphatic carbocycles. The Bertz CT molecular complexity index is 651. The van der Waals surface area contributed by atoms with Gasteiger partial charge >= 0.3 is 0 Å². The summed E-state index contributed by atoms with van der Waals surface area (Å²) in [4.78, 5) is 37.5. The first kappa shape index (κ1) is 21.9. The van der Waals surface area contributed by atoms with Crippen molar-refractivity contribution in [2.75, 3.05) is 23.3 Å². The Morgan fingerprint density at radius 3 is 2.65 bits per heavy atom. The molecule has 0 spiro atoms. The third-order valence-electron chi connectivity index (χ3n) is 4.21.